The van der Waals surface area contributed by atoms with E-state index >= 15 is 0 Å². The summed E-state index contributed by atoms with van der Waals surface area (Å²) in [5.74, 6) is -1.62. The number of hydrogen-bond donors (Lipinski definition) is 2. The average Bonchev–Trinajstić information content (AvgIpc) is 2.12. The first-order chi connectivity index (χ1) is 7.16. The third-order valence-corrected chi connectivity index (χ3v) is 2.59. The summed E-state index contributed by atoms with van der Waals surface area (Å²) in [4.78, 5) is 23.5. The van der Waals surface area contributed by atoms with Crippen LogP contribution in [-0.4, -0.2) is 58.3 Å². The fraction of sp³-hybridized carbons (Fsp3) is 0.800. The van der Waals surface area contributed by atoms with Gasteiger partial charge in [-0.05, 0) is 27.9 Å². The molecule has 2 N–H and O–H groups in total. The molecule has 0 aliphatic carbocycles. The van der Waals surface area contributed by atoms with Gasteiger partial charge >= 0.3 is 5.97 Å². The average molecular weight is 232 g/mol. The summed E-state index contributed by atoms with van der Waals surface area (Å²) >= 11 is 0. The number of hydrogen-bond acceptors (Lipinski definition) is 4. The molecule has 6 nitrogen and oxygen atoms in total. The zero-order valence-electron chi connectivity index (χ0n) is 10.2. The number of rotatable bonds is 6. The lowest BCUT2D eigenvalue weighted by Crippen LogP contribution is -2.49. The fourth-order valence-corrected chi connectivity index (χ4v) is 0.939. The van der Waals surface area contributed by atoms with Crippen LogP contribution in [0.15, 0.2) is 0 Å². The second-order valence-corrected chi connectivity index (χ2v) is 4.55. The van der Waals surface area contributed by atoms with Crippen LogP contribution < -0.4 is 0 Å². The van der Waals surface area contributed by atoms with Crippen LogP contribution in [-0.2, 0) is 9.59 Å². The van der Waals surface area contributed by atoms with Crippen LogP contribution in [0.3, 0.4) is 0 Å². The van der Waals surface area contributed by atoms with Gasteiger partial charge in [-0.1, -0.05) is 0 Å². The van der Waals surface area contributed by atoms with Crippen molar-refractivity contribution >= 4 is 11.9 Å². The molecule has 0 aliphatic heterocycles. The van der Waals surface area contributed by atoms with E-state index in [-0.39, 0.29) is 24.9 Å². The Morgan fingerprint density at radius 2 is 1.69 bits per heavy atom. The molecular formula is C10H20N2O4. The topological polar surface area (TPSA) is 81.1 Å². The van der Waals surface area contributed by atoms with E-state index in [0.29, 0.717) is 5.06 Å². The minimum absolute atomic E-state index is 0.137. The van der Waals surface area contributed by atoms with Crippen molar-refractivity contribution in [2.24, 2.45) is 0 Å². The van der Waals surface area contributed by atoms with E-state index in [1.54, 1.807) is 0 Å². The first kappa shape index (κ1) is 14.9. The van der Waals surface area contributed by atoms with Gasteiger partial charge in [-0.25, -0.2) is 5.06 Å². The highest BCUT2D eigenvalue weighted by Crippen LogP contribution is 2.12. The zero-order chi connectivity index (χ0) is 12.9. The maximum Gasteiger partial charge on any atom is 0.303 e. The molecule has 0 rings (SSSR count). The Bertz CT molecular complexity index is 264. The number of likely N-dealkylation sites (N-methyl/N-ethyl adjacent to an activating group) is 1. The summed E-state index contributed by atoms with van der Waals surface area (Å²) in [7, 11) is 3.69. The molecule has 0 bridgehead atoms. The fourth-order valence-electron chi connectivity index (χ4n) is 0.939. The van der Waals surface area contributed by atoms with Gasteiger partial charge < -0.3 is 10.0 Å². The van der Waals surface area contributed by atoms with Crippen molar-refractivity contribution in [3.63, 3.8) is 0 Å². The van der Waals surface area contributed by atoms with E-state index in [0.717, 1.165) is 0 Å². The molecule has 16 heavy (non-hydrogen) atoms. The molecule has 0 heterocycles. The molecule has 0 saturated heterocycles. The third-order valence-electron chi connectivity index (χ3n) is 2.59. The van der Waals surface area contributed by atoms with Crippen molar-refractivity contribution in [2.45, 2.75) is 32.2 Å². The number of hydroxylamine groups is 2. The predicted molar refractivity (Wildman–Crippen MR) is 58.1 cm³/mol. The Balaban J connectivity index is 4.20. The lowest BCUT2D eigenvalue weighted by atomic mass is 10.0. The monoisotopic (exact) mass is 232 g/mol. The first-order valence-corrected chi connectivity index (χ1v) is 5.05. The smallest absolute Gasteiger partial charge is 0.303 e. The number of aliphatic carboxylic acids is 1. The van der Waals surface area contributed by atoms with Crippen molar-refractivity contribution in [1.29, 1.82) is 0 Å². The molecular weight excluding hydrogens is 212 g/mol. The summed E-state index contributed by atoms with van der Waals surface area (Å²) < 4.78 is 0. The standard InChI is InChI=1S/C10H20N2O4/c1-10(2,11(3)4)7-12(16)8(13)5-6-9(14)15/h16H,5-7H2,1-4H3,(H,14,15). The van der Waals surface area contributed by atoms with Crippen LogP contribution in [0.25, 0.3) is 0 Å². The molecule has 0 unspecified atom stereocenters. The molecule has 1 amide bonds. The van der Waals surface area contributed by atoms with Gasteiger partial charge in [-0.2, -0.15) is 0 Å². The molecule has 0 aromatic rings. The Labute approximate surface area is 95.4 Å². The molecule has 0 fully saturated rings. The van der Waals surface area contributed by atoms with E-state index in [9.17, 15) is 14.8 Å². The quantitative estimate of drug-likeness (QED) is 0.512. The highest BCUT2D eigenvalue weighted by Gasteiger charge is 2.26. The summed E-state index contributed by atoms with van der Waals surface area (Å²) in [5.41, 5.74) is -0.367. The van der Waals surface area contributed by atoms with E-state index in [1.807, 2.05) is 32.8 Å². The number of carboxylic acids is 1. The highest BCUT2D eigenvalue weighted by molar-refractivity contribution is 5.79. The summed E-state index contributed by atoms with van der Waals surface area (Å²) in [6.45, 7) is 3.89. The van der Waals surface area contributed by atoms with Gasteiger partial charge in [0.2, 0.25) is 5.91 Å². The van der Waals surface area contributed by atoms with Gasteiger partial charge in [0.1, 0.15) is 0 Å². The van der Waals surface area contributed by atoms with Crippen molar-refractivity contribution in [1.82, 2.24) is 9.96 Å². The third kappa shape index (κ3) is 5.09. The molecule has 6 heteroatoms. The number of carboxylic acid groups (broad SMARTS) is 1. The predicted octanol–water partition coefficient (Wildman–Crippen LogP) is 0.409. The Hall–Kier alpha value is -1.14. The van der Waals surface area contributed by atoms with E-state index < -0.39 is 11.9 Å². The van der Waals surface area contributed by atoms with Crippen molar-refractivity contribution in [2.75, 3.05) is 20.6 Å². The Morgan fingerprint density at radius 1 is 1.19 bits per heavy atom. The minimum atomic E-state index is -1.05. The van der Waals surface area contributed by atoms with Crippen molar-refractivity contribution in [3.05, 3.63) is 0 Å². The van der Waals surface area contributed by atoms with Gasteiger partial charge in [0.05, 0.1) is 13.0 Å². The lowest BCUT2D eigenvalue weighted by Gasteiger charge is -2.35. The van der Waals surface area contributed by atoms with Gasteiger partial charge in [0.15, 0.2) is 0 Å². The molecule has 0 aromatic heterocycles. The van der Waals surface area contributed by atoms with Gasteiger partial charge in [-0.3, -0.25) is 14.8 Å². The SMILES string of the molecule is CN(C)C(C)(C)CN(O)C(=O)CCC(=O)O. The molecule has 94 valence electrons. The molecule has 0 spiro atoms. The number of amides is 1. The second kappa shape index (κ2) is 5.81. The summed E-state index contributed by atoms with van der Waals surface area (Å²) in [6.07, 6.45) is -0.451. The maximum atomic E-state index is 11.3. The second-order valence-electron chi connectivity index (χ2n) is 4.55. The number of carbonyl (C=O) groups is 2. The van der Waals surface area contributed by atoms with Crippen molar-refractivity contribution < 1.29 is 19.9 Å². The van der Waals surface area contributed by atoms with Gasteiger partial charge in [-0.15, -0.1) is 0 Å². The van der Waals surface area contributed by atoms with Crippen LogP contribution in [0.4, 0.5) is 0 Å². The van der Waals surface area contributed by atoms with Crippen molar-refractivity contribution in [3.8, 4) is 0 Å². The van der Waals surface area contributed by atoms with Crippen LogP contribution in [0.2, 0.25) is 0 Å². The Kier molecular flexibility index (Phi) is 5.40. The molecule has 0 atom stereocenters. The molecule has 0 aromatic carbocycles. The normalized spacial score (nSPS) is 11.6. The van der Waals surface area contributed by atoms with E-state index in [2.05, 4.69) is 0 Å². The maximum absolute atomic E-state index is 11.3. The Morgan fingerprint density at radius 3 is 2.06 bits per heavy atom. The van der Waals surface area contributed by atoms with E-state index in [4.69, 9.17) is 5.11 Å². The van der Waals surface area contributed by atoms with Crippen LogP contribution in [0.1, 0.15) is 26.7 Å². The summed E-state index contributed by atoms with van der Waals surface area (Å²) in [5, 5.41) is 18.5. The van der Waals surface area contributed by atoms with Gasteiger partial charge in [0, 0.05) is 12.0 Å². The largest absolute Gasteiger partial charge is 0.481 e. The lowest BCUT2D eigenvalue weighted by molar-refractivity contribution is -0.172. The molecule has 0 radical (unpaired) electrons. The number of carbonyl (C=O) groups excluding carboxylic acids is 1. The van der Waals surface area contributed by atoms with Crippen LogP contribution >= 0.6 is 0 Å². The molecule has 0 aliphatic rings. The number of nitrogens with zero attached hydrogens (tertiary/aromatic N) is 2. The van der Waals surface area contributed by atoms with Crippen LogP contribution in [0, 0.1) is 0 Å². The summed E-state index contributed by atoms with van der Waals surface area (Å²) in [6, 6.07) is 0. The van der Waals surface area contributed by atoms with E-state index in [1.165, 1.54) is 0 Å². The zero-order valence-corrected chi connectivity index (χ0v) is 10.2. The molecule has 0 saturated carbocycles. The van der Waals surface area contributed by atoms with Crippen LogP contribution in [0.5, 0.6) is 0 Å². The first-order valence-electron chi connectivity index (χ1n) is 5.05. The highest BCUT2D eigenvalue weighted by atomic mass is 16.5. The minimum Gasteiger partial charge on any atom is -0.481 e. The van der Waals surface area contributed by atoms with Gasteiger partial charge in [0.25, 0.3) is 0 Å².